The van der Waals surface area contributed by atoms with Crippen LogP contribution >= 0.6 is 11.3 Å². The van der Waals surface area contributed by atoms with E-state index in [-0.39, 0.29) is 6.10 Å². The average molecular weight is 320 g/mol. The number of rotatable bonds is 5. The van der Waals surface area contributed by atoms with Crippen molar-refractivity contribution in [1.82, 2.24) is 10.1 Å². The van der Waals surface area contributed by atoms with Crippen molar-refractivity contribution in [1.29, 1.82) is 0 Å². The van der Waals surface area contributed by atoms with Gasteiger partial charge >= 0.3 is 0 Å². The van der Waals surface area contributed by atoms with Gasteiger partial charge in [0.15, 0.2) is 5.76 Å². The van der Waals surface area contributed by atoms with Crippen LogP contribution in [0.15, 0.2) is 28.1 Å². The van der Waals surface area contributed by atoms with E-state index >= 15 is 0 Å². The lowest BCUT2D eigenvalue weighted by Crippen LogP contribution is -2.35. The number of aliphatic hydroxyl groups excluding tert-OH is 1. The highest BCUT2D eigenvalue weighted by Gasteiger charge is 2.27. The maximum absolute atomic E-state index is 10.4. The van der Waals surface area contributed by atoms with Gasteiger partial charge in [-0.05, 0) is 49.2 Å². The maximum atomic E-state index is 10.4. The molecule has 5 heteroatoms. The van der Waals surface area contributed by atoms with Gasteiger partial charge in [0.2, 0.25) is 0 Å². The molecule has 0 spiro atoms. The Labute approximate surface area is 135 Å². The van der Waals surface area contributed by atoms with Crippen molar-refractivity contribution in [2.75, 3.05) is 13.1 Å². The number of aliphatic hydroxyl groups is 1. The first-order valence-electron chi connectivity index (χ1n) is 8.03. The van der Waals surface area contributed by atoms with Crippen LogP contribution < -0.4 is 0 Å². The molecule has 0 aliphatic carbocycles. The SMILES string of the molecule is CC(C)c1cc(CN2CCC(C(O)c3cccs3)CC2)on1. The van der Waals surface area contributed by atoms with Gasteiger partial charge in [-0.1, -0.05) is 25.1 Å². The van der Waals surface area contributed by atoms with Crippen LogP contribution in [0.4, 0.5) is 0 Å². The van der Waals surface area contributed by atoms with Crippen molar-refractivity contribution in [2.24, 2.45) is 5.92 Å². The van der Waals surface area contributed by atoms with E-state index in [2.05, 4.69) is 30.0 Å². The average Bonchev–Trinajstić information content (AvgIpc) is 3.19. The van der Waals surface area contributed by atoms with E-state index in [4.69, 9.17) is 4.52 Å². The Kier molecular flexibility index (Phi) is 4.96. The molecule has 1 saturated heterocycles. The molecule has 0 saturated carbocycles. The van der Waals surface area contributed by atoms with Crippen LogP contribution in [-0.2, 0) is 6.54 Å². The van der Waals surface area contributed by atoms with E-state index < -0.39 is 0 Å². The van der Waals surface area contributed by atoms with E-state index in [0.717, 1.165) is 48.8 Å². The summed E-state index contributed by atoms with van der Waals surface area (Å²) in [5.74, 6) is 1.72. The summed E-state index contributed by atoms with van der Waals surface area (Å²) in [6, 6.07) is 6.11. The molecule has 1 N–H and O–H groups in total. The number of nitrogens with zero attached hydrogens (tertiary/aromatic N) is 2. The number of likely N-dealkylation sites (tertiary alicyclic amines) is 1. The van der Waals surface area contributed by atoms with Crippen LogP contribution in [0.3, 0.4) is 0 Å². The second kappa shape index (κ2) is 6.94. The van der Waals surface area contributed by atoms with Gasteiger partial charge in [-0.25, -0.2) is 0 Å². The van der Waals surface area contributed by atoms with Gasteiger partial charge in [-0.3, -0.25) is 4.90 Å². The lowest BCUT2D eigenvalue weighted by Gasteiger charge is -2.33. The smallest absolute Gasteiger partial charge is 0.150 e. The first-order chi connectivity index (χ1) is 10.6. The summed E-state index contributed by atoms with van der Waals surface area (Å²) >= 11 is 1.65. The molecule has 3 rings (SSSR count). The van der Waals surface area contributed by atoms with Gasteiger partial charge in [-0.15, -0.1) is 11.3 Å². The zero-order valence-electron chi connectivity index (χ0n) is 13.2. The van der Waals surface area contributed by atoms with Crippen molar-refractivity contribution < 1.29 is 9.63 Å². The lowest BCUT2D eigenvalue weighted by molar-refractivity contribution is 0.0565. The molecule has 0 amide bonds. The van der Waals surface area contributed by atoms with Crippen LogP contribution in [0.1, 0.15) is 55.0 Å². The minimum absolute atomic E-state index is 0.306. The van der Waals surface area contributed by atoms with E-state index in [0.29, 0.717) is 11.8 Å². The molecule has 1 fully saturated rings. The summed E-state index contributed by atoms with van der Waals surface area (Å²) in [6.07, 6.45) is 1.76. The minimum Gasteiger partial charge on any atom is -0.387 e. The van der Waals surface area contributed by atoms with E-state index in [1.165, 1.54) is 0 Å². The predicted octanol–water partition coefficient (Wildman–Crippen LogP) is 3.81. The monoisotopic (exact) mass is 320 g/mol. The summed E-state index contributed by atoms with van der Waals surface area (Å²) in [5.41, 5.74) is 1.03. The van der Waals surface area contributed by atoms with Crippen LogP contribution in [0, 0.1) is 5.92 Å². The fraction of sp³-hybridized carbons (Fsp3) is 0.588. The summed E-state index contributed by atoms with van der Waals surface area (Å²) in [7, 11) is 0. The number of hydrogen-bond donors (Lipinski definition) is 1. The molecule has 0 radical (unpaired) electrons. The fourth-order valence-electron chi connectivity index (χ4n) is 3.01. The Morgan fingerprint density at radius 3 is 2.77 bits per heavy atom. The lowest BCUT2D eigenvalue weighted by atomic mass is 9.90. The zero-order chi connectivity index (χ0) is 15.5. The second-order valence-corrected chi connectivity index (χ2v) is 7.43. The van der Waals surface area contributed by atoms with Crippen LogP contribution in [0.5, 0.6) is 0 Å². The topological polar surface area (TPSA) is 49.5 Å². The first kappa shape index (κ1) is 15.7. The molecule has 3 heterocycles. The van der Waals surface area contributed by atoms with E-state index in [1.807, 2.05) is 17.5 Å². The number of thiophene rings is 1. The van der Waals surface area contributed by atoms with Gasteiger partial charge in [-0.2, -0.15) is 0 Å². The minimum atomic E-state index is -0.306. The van der Waals surface area contributed by atoms with E-state index in [9.17, 15) is 5.11 Å². The molecular formula is C17H24N2O2S. The highest BCUT2D eigenvalue weighted by molar-refractivity contribution is 7.10. The van der Waals surface area contributed by atoms with Crippen molar-refractivity contribution in [2.45, 2.75) is 45.3 Å². The highest BCUT2D eigenvalue weighted by atomic mass is 32.1. The Morgan fingerprint density at radius 1 is 1.41 bits per heavy atom. The summed E-state index contributed by atoms with van der Waals surface area (Å²) in [6.45, 7) is 7.08. The third-order valence-electron chi connectivity index (χ3n) is 4.46. The third kappa shape index (κ3) is 3.59. The standard InChI is InChI=1S/C17H24N2O2S/c1-12(2)15-10-14(21-18-15)11-19-7-5-13(6-8-19)17(20)16-4-3-9-22-16/h3-4,9-10,12-13,17,20H,5-8,11H2,1-2H3. The number of aromatic nitrogens is 1. The fourth-order valence-corrected chi connectivity index (χ4v) is 3.82. The van der Waals surface area contributed by atoms with Gasteiger partial charge in [0, 0.05) is 10.9 Å². The largest absolute Gasteiger partial charge is 0.387 e. The van der Waals surface area contributed by atoms with Gasteiger partial charge < -0.3 is 9.63 Å². The first-order valence-corrected chi connectivity index (χ1v) is 8.90. The zero-order valence-corrected chi connectivity index (χ0v) is 14.1. The molecular weight excluding hydrogens is 296 g/mol. The Bertz CT molecular complexity index is 571. The predicted molar refractivity (Wildman–Crippen MR) is 87.9 cm³/mol. The van der Waals surface area contributed by atoms with Crippen LogP contribution in [0.2, 0.25) is 0 Å². The van der Waals surface area contributed by atoms with Gasteiger partial charge in [0.1, 0.15) is 0 Å². The molecule has 0 aromatic carbocycles. The molecule has 22 heavy (non-hydrogen) atoms. The normalized spacial score (nSPS) is 18.9. The summed E-state index contributed by atoms with van der Waals surface area (Å²) in [5, 5.41) is 16.6. The Balaban J connectivity index is 1.51. The molecule has 1 unspecified atom stereocenters. The van der Waals surface area contributed by atoms with Crippen molar-refractivity contribution >= 4 is 11.3 Å². The van der Waals surface area contributed by atoms with E-state index in [1.54, 1.807) is 11.3 Å². The molecule has 1 atom stereocenters. The van der Waals surface area contributed by atoms with Crippen molar-refractivity contribution in [3.8, 4) is 0 Å². The van der Waals surface area contributed by atoms with Gasteiger partial charge in [0.05, 0.1) is 18.3 Å². The second-order valence-electron chi connectivity index (χ2n) is 6.45. The van der Waals surface area contributed by atoms with Crippen LogP contribution in [-0.4, -0.2) is 28.3 Å². The molecule has 2 aromatic rings. The molecule has 2 aromatic heterocycles. The number of hydrogen-bond acceptors (Lipinski definition) is 5. The van der Waals surface area contributed by atoms with Crippen molar-refractivity contribution in [3.63, 3.8) is 0 Å². The molecule has 4 nitrogen and oxygen atoms in total. The Hall–Kier alpha value is -1.17. The number of piperidine rings is 1. The maximum Gasteiger partial charge on any atom is 0.150 e. The van der Waals surface area contributed by atoms with Crippen LogP contribution in [0.25, 0.3) is 0 Å². The quantitative estimate of drug-likeness (QED) is 0.910. The summed E-state index contributed by atoms with van der Waals surface area (Å²) in [4.78, 5) is 3.48. The Morgan fingerprint density at radius 2 is 2.18 bits per heavy atom. The summed E-state index contributed by atoms with van der Waals surface area (Å²) < 4.78 is 5.42. The molecule has 120 valence electrons. The van der Waals surface area contributed by atoms with Crippen molar-refractivity contribution in [3.05, 3.63) is 39.9 Å². The molecule has 1 aliphatic rings. The molecule has 0 bridgehead atoms. The third-order valence-corrected chi connectivity index (χ3v) is 5.40. The van der Waals surface area contributed by atoms with Gasteiger partial charge in [0.25, 0.3) is 0 Å². The highest BCUT2D eigenvalue weighted by Crippen LogP contribution is 2.33. The molecule has 1 aliphatic heterocycles.